The lowest BCUT2D eigenvalue weighted by atomic mass is 10.1. The van der Waals surface area contributed by atoms with Crippen LogP contribution in [0.5, 0.6) is 0 Å². The Labute approximate surface area is 84.2 Å². The van der Waals surface area contributed by atoms with Gasteiger partial charge in [0.15, 0.2) is 12.6 Å². The third kappa shape index (κ3) is 2.03. The smallest absolute Gasteiger partial charge is 0.183 e. The van der Waals surface area contributed by atoms with Gasteiger partial charge < -0.3 is 9.47 Å². The van der Waals surface area contributed by atoms with Crippen molar-refractivity contribution in [1.29, 1.82) is 0 Å². The molecule has 1 aromatic rings. The van der Waals surface area contributed by atoms with Crippen molar-refractivity contribution in [2.45, 2.75) is 26.4 Å². The van der Waals surface area contributed by atoms with E-state index in [1.807, 2.05) is 31.2 Å². The predicted molar refractivity (Wildman–Crippen MR) is 55.5 cm³/mol. The first-order valence-electron chi connectivity index (χ1n) is 4.80. The monoisotopic (exact) mass is 190 g/mol. The first kappa shape index (κ1) is 9.44. The number of hydrogen-bond acceptors (Lipinski definition) is 2. The summed E-state index contributed by atoms with van der Waals surface area (Å²) in [6.07, 6.45) is 1.78. The quantitative estimate of drug-likeness (QED) is 0.714. The second-order valence-corrected chi connectivity index (χ2v) is 3.42. The molecule has 0 aromatic heterocycles. The maximum absolute atomic E-state index is 5.33. The summed E-state index contributed by atoms with van der Waals surface area (Å²) < 4.78 is 10.7. The minimum absolute atomic E-state index is 0.0557. The van der Waals surface area contributed by atoms with E-state index in [0.717, 1.165) is 0 Å². The molecule has 1 aromatic carbocycles. The van der Waals surface area contributed by atoms with Crippen LogP contribution in [0.25, 0.3) is 5.57 Å². The molecule has 74 valence electrons. The third-order valence-corrected chi connectivity index (χ3v) is 2.27. The summed E-state index contributed by atoms with van der Waals surface area (Å²) in [7, 11) is 0. The van der Waals surface area contributed by atoms with Crippen LogP contribution in [-0.4, -0.2) is 12.6 Å². The highest BCUT2D eigenvalue weighted by atomic mass is 16.9. The molecule has 1 saturated heterocycles. The van der Waals surface area contributed by atoms with Crippen molar-refractivity contribution in [3.05, 3.63) is 42.0 Å². The molecule has 0 N–H and O–H groups in total. The molecule has 1 fully saturated rings. The molecule has 1 aliphatic heterocycles. The molecular formula is C12H14O2. The molecule has 1 heterocycles. The fraction of sp³-hybridized carbons (Fsp3) is 0.333. The zero-order valence-corrected chi connectivity index (χ0v) is 8.44. The van der Waals surface area contributed by atoms with Gasteiger partial charge in [0, 0.05) is 0 Å². The molecule has 0 spiro atoms. The van der Waals surface area contributed by atoms with E-state index in [0.29, 0.717) is 0 Å². The summed E-state index contributed by atoms with van der Waals surface area (Å²) in [5, 5.41) is 0. The maximum atomic E-state index is 5.33. The summed E-state index contributed by atoms with van der Waals surface area (Å²) in [6, 6.07) is 10.2. The standard InChI is InChI=1S/C12H14O2/c1-9(8-12-13-10(2)14-12)11-6-4-3-5-7-11/h3-8,10,12H,1-2H3/b9-8-. The van der Waals surface area contributed by atoms with Gasteiger partial charge in [0.1, 0.15) is 0 Å². The molecule has 0 amide bonds. The van der Waals surface area contributed by atoms with Crippen molar-refractivity contribution in [2.75, 3.05) is 0 Å². The molecular weight excluding hydrogens is 176 g/mol. The van der Waals surface area contributed by atoms with Crippen LogP contribution < -0.4 is 0 Å². The molecule has 0 unspecified atom stereocenters. The SMILES string of the molecule is C/C(=C/C1OC(C)O1)c1ccccc1. The van der Waals surface area contributed by atoms with Gasteiger partial charge in [-0.1, -0.05) is 30.3 Å². The summed E-state index contributed by atoms with van der Waals surface area (Å²) in [5.74, 6) is 0. The van der Waals surface area contributed by atoms with Crippen LogP contribution in [0.1, 0.15) is 19.4 Å². The van der Waals surface area contributed by atoms with Crippen LogP contribution in [0.4, 0.5) is 0 Å². The number of hydrogen-bond donors (Lipinski definition) is 0. The van der Waals surface area contributed by atoms with Gasteiger partial charge in [-0.25, -0.2) is 0 Å². The number of ether oxygens (including phenoxy) is 2. The molecule has 2 nitrogen and oxygen atoms in total. The van der Waals surface area contributed by atoms with Crippen LogP contribution in [0.2, 0.25) is 0 Å². The maximum Gasteiger partial charge on any atom is 0.183 e. The van der Waals surface area contributed by atoms with Crippen molar-refractivity contribution in [2.24, 2.45) is 0 Å². The van der Waals surface area contributed by atoms with Crippen LogP contribution >= 0.6 is 0 Å². The molecule has 2 rings (SSSR count). The van der Waals surface area contributed by atoms with Crippen molar-refractivity contribution >= 4 is 5.57 Å². The number of rotatable bonds is 2. The molecule has 0 radical (unpaired) electrons. The fourth-order valence-corrected chi connectivity index (χ4v) is 1.47. The summed E-state index contributed by atoms with van der Waals surface area (Å²) >= 11 is 0. The summed E-state index contributed by atoms with van der Waals surface area (Å²) in [4.78, 5) is 0. The van der Waals surface area contributed by atoms with Gasteiger partial charge in [-0.15, -0.1) is 0 Å². The van der Waals surface area contributed by atoms with Gasteiger partial charge in [0.05, 0.1) is 0 Å². The van der Waals surface area contributed by atoms with Crippen LogP contribution in [0.15, 0.2) is 36.4 Å². The fourth-order valence-electron chi connectivity index (χ4n) is 1.47. The lowest BCUT2D eigenvalue weighted by molar-refractivity contribution is -0.354. The zero-order chi connectivity index (χ0) is 9.97. The van der Waals surface area contributed by atoms with Gasteiger partial charge in [-0.3, -0.25) is 0 Å². The Morgan fingerprint density at radius 3 is 2.43 bits per heavy atom. The van der Waals surface area contributed by atoms with E-state index in [9.17, 15) is 0 Å². The summed E-state index contributed by atoms with van der Waals surface area (Å²) in [6.45, 7) is 3.95. The lowest BCUT2D eigenvalue weighted by Gasteiger charge is -2.31. The van der Waals surface area contributed by atoms with E-state index in [2.05, 4.69) is 19.1 Å². The molecule has 0 aliphatic carbocycles. The number of benzene rings is 1. The minimum atomic E-state index is -0.162. The second kappa shape index (κ2) is 3.95. The van der Waals surface area contributed by atoms with E-state index >= 15 is 0 Å². The third-order valence-electron chi connectivity index (χ3n) is 2.27. The van der Waals surface area contributed by atoms with E-state index in [-0.39, 0.29) is 12.6 Å². The van der Waals surface area contributed by atoms with Gasteiger partial charge >= 0.3 is 0 Å². The van der Waals surface area contributed by atoms with E-state index in [1.54, 1.807) is 0 Å². The van der Waals surface area contributed by atoms with Crippen molar-refractivity contribution in [3.8, 4) is 0 Å². The molecule has 0 atom stereocenters. The highest BCUT2D eigenvalue weighted by Crippen LogP contribution is 2.21. The van der Waals surface area contributed by atoms with Gasteiger partial charge in [-0.2, -0.15) is 0 Å². The topological polar surface area (TPSA) is 18.5 Å². The lowest BCUT2D eigenvalue weighted by Crippen LogP contribution is -2.37. The molecule has 2 heteroatoms. The second-order valence-electron chi connectivity index (χ2n) is 3.42. The largest absolute Gasteiger partial charge is 0.320 e. The molecule has 14 heavy (non-hydrogen) atoms. The van der Waals surface area contributed by atoms with Crippen molar-refractivity contribution in [3.63, 3.8) is 0 Å². The average Bonchev–Trinajstić information content (AvgIpc) is 2.17. The first-order valence-corrected chi connectivity index (χ1v) is 4.80. The van der Waals surface area contributed by atoms with E-state index < -0.39 is 0 Å². The first-order chi connectivity index (χ1) is 6.75. The van der Waals surface area contributed by atoms with Crippen LogP contribution in [0, 0.1) is 0 Å². The normalized spacial score (nSPS) is 27.1. The van der Waals surface area contributed by atoms with Gasteiger partial charge in [0.2, 0.25) is 0 Å². The Balaban J connectivity index is 2.05. The Morgan fingerprint density at radius 2 is 1.86 bits per heavy atom. The molecule has 1 aliphatic rings. The highest BCUT2D eigenvalue weighted by molar-refractivity contribution is 5.63. The minimum Gasteiger partial charge on any atom is -0.320 e. The van der Waals surface area contributed by atoms with Gasteiger partial charge in [0.25, 0.3) is 0 Å². The Morgan fingerprint density at radius 1 is 1.21 bits per heavy atom. The van der Waals surface area contributed by atoms with E-state index in [4.69, 9.17) is 9.47 Å². The predicted octanol–water partition coefficient (Wildman–Crippen LogP) is 2.81. The van der Waals surface area contributed by atoms with Crippen LogP contribution in [-0.2, 0) is 9.47 Å². The summed E-state index contributed by atoms with van der Waals surface area (Å²) in [5.41, 5.74) is 2.39. The van der Waals surface area contributed by atoms with Gasteiger partial charge in [-0.05, 0) is 31.1 Å². The Kier molecular flexibility index (Phi) is 2.66. The van der Waals surface area contributed by atoms with Crippen molar-refractivity contribution < 1.29 is 9.47 Å². The Hall–Kier alpha value is -1.12. The van der Waals surface area contributed by atoms with E-state index in [1.165, 1.54) is 11.1 Å². The zero-order valence-electron chi connectivity index (χ0n) is 8.44. The highest BCUT2D eigenvalue weighted by Gasteiger charge is 2.24. The number of allylic oxidation sites excluding steroid dienone is 1. The Bertz CT molecular complexity index is 323. The molecule has 0 bridgehead atoms. The molecule has 0 saturated carbocycles. The van der Waals surface area contributed by atoms with Crippen molar-refractivity contribution in [1.82, 2.24) is 0 Å². The average molecular weight is 190 g/mol. The van der Waals surface area contributed by atoms with Crippen LogP contribution in [0.3, 0.4) is 0 Å².